The van der Waals surface area contributed by atoms with Gasteiger partial charge in [0.15, 0.2) is 0 Å². The van der Waals surface area contributed by atoms with Crippen molar-refractivity contribution in [2.24, 2.45) is 0 Å². The minimum Gasteiger partial charge on any atom is -0.480 e. The van der Waals surface area contributed by atoms with Crippen molar-refractivity contribution in [3.8, 4) is 0 Å². The van der Waals surface area contributed by atoms with Crippen molar-refractivity contribution in [2.75, 3.05) is 6.61 Å². The molecule has 0 fully saturated rings. The van der Waals surface area contributed by atoms with Crippen molar-refractivity contribution in [3.05, 3.63) is 0 Å². The summed E-state index contributed by atoms with van der Waals surface area (Å²) in [4.78, 5) is 10.1. The van der Waals surface area contributed by atoms with E-state index in [-0.39, 0.29) is 0 Å². The zero-order valence-electron chi connectivity index (χ0n) is 6.15. The third kappa shape index (κ3) is 3.61. The first-order chi connectivity index (χ1) is 5.81. The summed E-state index contributed by atoms with van der Waals surface area (Å²) in [6.45, 7) is -1.10. The Kier molecular flexibility index (Phi) is 4.17. The summed E-state index contributed by atoms with van der Waals surface area (Å²) >= 11 is 0. The van der Waals surface area contributed by atoms with Crippen LogP contribution in [-0.2, 0) is 14.8 Å². The quantitative estimate of drug-likeness (QED) is 0.526. The van der Waals surface area contributed by atoms with E-state index in [1.54, 1.807) is 0 Å². The minimum absolute atomic E-state index is 1.10. The highest BCUT2D eigenvalue weighted by Crippen LogP contribution is 2.02. The first kappa shape index (κ1) is 12.2. The van der Waals surface area contributed by atoms with Gasteiger partial charge in [-0.15, -0.1) is 0 Å². The SMILES string of the molecule is O=C(O)[C@H](CO)NS(=O)(=O)C(F)F. The third-order valence-corrected chi connectivity index (χ3v) is 2.10. The van der Waals surface area contributed by atoms with E-state index in [0.717, 1.165) is 4.72 Å². The molecule has 0 aromatic rings. The van der Waals surface area contributed by atoms with E-state index in [1.807, 2.05) is 0 Å². The molecule has 9 heteroatoms. The average molecular weight is 219 g/mol. The van der Waals surface area contributed by atoms with Gasteiger partial charge in [0.2, 0.25) is 0 Å². The molecule has 3 N–H and O–H groups in total. The molecule has 0 rings (SSSR count). The number of hydrogen-bond acceptors (Lipinski definition) is 4. The number of aliphatic carboxylic acids is 1. The van der Waals surface area contributed by atoms with Crippen LogP contribution in [0.5, 0.6) is 0 Å². The first-order valence-corrected chi connectivity index (χ1v) is 4.49. The van der Waals surface area contributed by atoms with E-state index >= 15 is 0 Å². The summed E-state index contributed by atoms with van der Waals surface area (Å²) in [5, 5.41) is 16.5. The van der Waals surface area contributed by atoms with Gasteiger partial charge >= 0.3 is 11.7 Å². The number of halogens is 2. The van der Waals surface area contributed by atoms with E-state index in [1.165, 1.54) is 0 Å². The molecule has 0 bridgehead atoms. The second-order valence-electron chi connectivity index (χ2n) is 2.00. The fourth-order valence-electron chi connectivity index (χ4n) is 0.415. The van der Waals surface area contributed by atoms with Gasteiger partial charge in [0.1, 0.15) is 6.04 Å². The molecule has 0 heterocycles. The van der Waals surface area contributed by atoms with Gasteiger partial charge in [0, 0.05) is 0 Å². The number of rotatable bonds is 5. The largest absolute Gasteiger partial charge is 0.480 e. The number of aliphatic hydroxyl groups excluding tert-OH is 1. The third-order valence-electron chi connectivity index (χ3n) is 1.02. The first-order valence-electron chi connectivity index (χ1n) is 2.94. The van der Waals surface area contributed by atoms with Crippen molar-refractivity contribution >= 4 is 16.0 Å². The van der Waals surface area contributed by atoms with E-state index in [0.29, 0.717) is 0 Å². The molecule has 0 aliphatic rings. The van der Waals surface area contributed by atoms with Gasteiger partial charge in [-0.1, -0.05) is 0 Å². The zero-order valence-corrected chi connectivity index (χ0v) is 6.96. The van der Waals surface area contributed by atoms with Gasteiger partial charge in [-0.3, -0.25) is 4.79 Å². The predicted octanol–water partition coefficient (Wildman–Crippen LogP) is -1.43. The van der Waals surface area contributed by atoms with Gasteiger partial charge in [0.25, 0.3) is 10.0 Å². The summed E-state index contributed by atoms with van der Waals surface area (Å²) in [6, 6.07) is -1.95. The van der Waals surface area contributed by atoms with Crippen molar-refractivity contribution in [1.82, 2.24) is 4.72 Å². The molecule has 0 amide bonds. The van der Waals surface area contributed by atoms with E-state index in [9.17, 15) is 22.0 Å². The fraction of sp³-hybridized carbons (Fsp3) is 0.750. The maximum Gasteiger partial charge on any atom is 0.350 e. The van der Waals surface area contributed by atoms with Crippen LogP contribution >= 0.6 is 0 Å². The highest BCUT2D eigenvalue weighted by Gasteiger charge is 2.30. The van der Waals surface area contributed by atoms with Crippen LogP contribution < -0.4 is 4.72 Å². The Hall–Kier alpha value is -0.800. The summed E-state index contributed by atoms with van der Waals surface area (Å²) in [5.41, 5.74) is 0. The summed E-state index contributed by atoms with van der Waals surface area (Å²) in [7, 11) is -4.98. The molecule has 6 nitrogen and oxygen atoms in total. The van der Waals surface area contributed by atoms with Crippen LogP contribution in [-0.4, -0.2) is 43.0 Å². The Bertz CT molecular complexity index is 276. The summed E-state index contributed by atoms with van der Waals surface area (Å²) in [6.07, 6.45) is 0. The molecule has 0 aliphatic carbocycles. The number of nitrogens with one attached hydrogen (secondary N) is 1. The van der Waals surface area contributed by atoms with E-state index in [2.05, 4.69) is 0 Å². The molecular weight excluding hydrogens is 212 g/mol. The molecule has 0 unspecified atom stereocenters. The lowest BCUT2D eigenvalue weighted by Gasteiger charge is -2.10. The predicted molar refractivity (Wildman–Crippen MR) is 36.6 cm³/mol. The van der Waals surface area contributed by atoms with Crippen LogP contribution in [0.3, 0.4) is 0 Å². The Labute approximate surface area is 72.2 Å². The molecule has 0 radical (unpaired) electrons. The molecule has 0 aromatic heterocycles. The van der Waals surface area contributed by atoms with Gasteiger partial charge < -0.3 is 10.2 Å². The van der Waals surface area contributed by atoms with Crippen molar-refractivity contribution in [2.45, 2.75) is 11.8 Å². The molecule has 78 valence electrons. The Morgan fingerprint density at radius 1 is 1.46 bits per heavy atom. The maximum atomic E-state index is 11.6. The van der Waals surface area contributed by atoms with Crippen LogP contribution in [0.4, 0.5) is 8.78 Å². The topological polar surface area (TPSA) is 104 Å². The van der Waals surface area contributed by atoms with Crippen LogP contribution in [0.2, 0.25) is 0 Å². The van der Waals surface area contributed by atoms with Crippen LogP contribution in [0.25, 0.3) is 0 Å². The summed E-state index contributed by atoms with van der Waals surface area (Å²) in [5.74, 6) is -5.45. The molecular formula is C4H7F2NO5S. The Morgan fingerprint density at radius 3 is 2.15 bits per heavy atom. The van der Waals surface area contributed by atoms with Gasteiger partial charge in [0.05, 0.1) is 6.61 Å². The van der Waals surface area contributed by atoms with Gasteiger partial charge in [-0.25, -0.2) is 8.42 Å². The van der Waals surface area contributed by atoms with E-state index in [4.69, 9.17) is 10.2 Å². The van der Waals surface area contributed by atoms with Crippen molar-refractivity contribution < 1.29 is 32.2 Å². The second-order valence-corrected chi connectivity index (χ2v) is 3.68. The molecule has 0 saturated heterocycles. The molecule has 0 saturated carbocycles. The van der Waals surface area contributed by atoms with Gasteiger partial charge in [-0.2, -0.15) is 13.5 Å². The lowest BCUT2D eigenvalue weighted by atomic mass is 10.3. The maximum absolute atomic E-state index is 11.6. The van der Waals surface area contributed by atoms with Crippen LogP contribution in [0.1, 0.15) is 0 Å². The highest BCUT2D eigenvalue weighted by molar-refractivity contribution is 7.89. The standard InChI is InChI=1S/C4H7F2NO5S/c5-4(6)13(11,12)7-2(1-8)3(9)10/h2,4,7-8H,1H2,(H,9,10)/t2-/m0/s1. The molecule has 1 atom stereocenters. The van der Waals surface area contributed by atoms with E-state index < -0.39 is 34.4 Å². The lowest BCUT2D eigenvalue weighted by molar-refractivity contribution is -0.139. The molecule has 0 aliphatic heterocycles. The highest BCUT2D eigenvalue weighted by atomic mass is 32.2. The molecule has 0 spiro atoms. The second kappa shape index (κ2) is 4.44. The summed E-state index contributed by atoms with van der Waals surface area (Å²) < 4.78 is 45.1. The number of aliphatic hydroxyl groups is 1. The van der Waals surface area contributed by atoms with Crippen LogP contribution in [0, 0.1) is 0 Å². The zero-order chi connectivity index (χ0) is 10.6. The number of sulfonamides is 1. The number of carboxylic acid groups (broad SMARTS) is 1. The number of carboxylic acids is 1. The number of alkyl halides is 2. The van der Waals surface area contributed by atoms with Crippen LogP contribution in [0.15, 0.2) is 0 Å². The average Bonchev–Trinajstić information content (AvgIpc) is 1.99. The van der Waals surface area contributed by atoms with Crippen molar-refractivity contribution in [1.29, 1.82) is 0 Å². The lowest BCUT2D eigenvalue weighted by Crippen LogP contribution is -2.45. The number of carbonyl (C=O) groups is 1. The molecule has 13 heavy (non-hydrogen) atoms. The van der Waals surface area contributed by atoms with Gasteiger partial charge in [-0.05, 0) is 0 Å². The minimum atomic E-state index is -4.98. The molecule has 0 aromatic carbocycles. The Morgan fingerprint density at radius 2 is 1.92 bits per heavy atom. The number of hydrogen-bond donors (Lipinski definition) is 3. The monoisotopic (exact) mass is 219 g/mol. The Balaban J connectivity index is 4.50. The fourth-order valence-corrected chi connectivity index (χ4v) is 1.09. The normalized spacial score (nSPS) is 14.5. The smallest absolute Gasteiger partial charge is 0.350 e. The van der Waals surface area contributed by atoms with Crippen molar-refractivity contribution in [3.63, 3.8) is 0 Å².